The topological polar surface area (TPSA) is 34.1 Å². The molecule has 4 aliphatic rings. The molecule has 0 spiro atoms. The second-order valence-electron chi connectivity index (χ2n) is 5.43. The summed E-state index contributed by atoms with van der Waals surface area (Å²) in [4.78, 5) is 23.0. The van der Waals surface area contributed by atoms with Gasteiger partial charge in [-0.15, -0.1) is 0 Å². The summed E-state index contributed by atoms with van der Waals surface area (Å²) < 4.78 is 0. The standard InChI is InChI=1S/C12H16O2/c13-6-11-9-2-7-1-8(3-9)5-10(4-7)12(11)14/h6-11H,1-5H2. The van der Waals surface area contributed by atoms with E-state index in [0.717, 1.165) is 43.8 Å². The van der Waals surface area contributed by atoms with Crippen LogP contribution in [0.4, 0.5) is 0 Å². The summed E-state index contributed by atoms with van der Waals surface area (Å²) in [6.45, 7) is 0. The molecule has 2 heteroatoms. The number of hydrogen-bond acceptors (Lipinski definition) is 2. The molecule has 0 aromatic carbocycles. The predicted molar refractivity (Wildman–Crippen MR) is 51.6 cm³/mol. The monoisotopic (exact) mass is 192 g/mol. The third-order valence-electron chi connectivity index (χ3n) is 4.56. The first-order chi connectivity index (χ1) is 6.78. The quantitative estimate of drug-likeness (QED) is 0.469. The normalized spacial score (nSPS) is 50.6. The van der Waals surface area contributed by atoms with Gasteiger partial charge in [0.1, 0.15) is 12.1 Å². The van der Waals surface area contributed by atoms with Crippen molar-refractivity contribution in [1.29, 1.82) is 0 Å². The summed E-state index contributed by atoms with van der Waals surface area (Å²) in [7, 11) is 0. The Kier molecular flexibility index (Phi) is 1.80. The molecular formula is C12H16O2. The van der Waals surface area contributed by atoms with E-state index in [1.807, 2.05) is 0 Å². The number of fused-ring (bicyclic) bond motifs is 1. The van der Waals surface area contributed by atoms with Crippen molar-refractivity contribution in [3.8, 4) is 0 Å². The number of ketones is 1. The summed E-state index contributed by atoms with van der Waals surface area (Å²) in [6.07, 6.45) is 6.69. The van der Waals surface area contributed by atoms with Gasteiger partial charge in [0.2, 0.25) is 0 Å². The Morgan fingerprint density at radius 3 is 2.21 bits per heavy atom. The summed E-state index contributed by atoms with van der Waals surface area (Å²) in [5.41, 5.74) is 0. The van der Waals surface area contributed by atoms with Gasteiger partial charge in [-0.2, -0.15) is 0 Å². The molecule has 3 unspecified atom stereocenters. The number of carbonyl (C=O) groups excluding carboxylic acids is 2. The lowest BCUT2D eigenvalue weighted by Crippen LogP contribution is -2.28. The maximum Gasteiger partial charge on any atom is 0.146 e. The van der Waals surface area contributed by atoms with Gasteiger partial charge in [0.25, 0.3) is 0 Å². The molecule has 0 aliphatic heterocycles. The maximum atomic E-state index is 12.0. The first-order valence-electron chi connectivity index (χ1n) is 5.77. The molecule has 2 nitrogen and oxygen atoms in total. The maximum absolute atomic E-state index is 12.0. The minimum atomic E-state index is -0.240. The van der Waals surface area contributed by atoms with Gasteiger partial charge in [-0.1, -0.05) is 0 Å². The zero-order valence-electron chi connectivity index (χ0n) is 8.32. The van der Waals surface area contributed by atoms with Gasteiger partial charge < -0.3 is 4.79 Å². The molecule has 0 aromatic rings. The van der Waals surface area contributed by atoms with E-state index in [1.165, 1.54) is 6.42 Å². The van der Waals surface area contributed by atoms with Crippen LogP contribution in [0.15, 0.2) is 0 Å². The third kappa shape index (κ3) is 1.09. The van der Waals surface area contributed by atoms with Gasteiger partial charge in [-0.05, 0) is 49.9 Å². The minimum Gasteiger partial charge on any atom is -0.303 e. The third-order valence-corrected chi connectivity index (χ3v) is 4.56. The van der Waals surface area contributed by atoms with E-state index < -0.39 is 0 Å². The van der Waals surface area contributed by atoms with Crippen molar-refractivity contribution in [2.45, 2.75) is 32.1 Å². The highest BCUT2D eigenvalue weighted by atomic mass is 16.1. The molecule has 0 heterocycles. The highest BCUT2D eigenvalue weighted by Crippen LogP contribution is 2.51. The molecule has 0 amide bonds. The number of aldehydes is 1. The van der Waals surface area contributed by atoms with E-state index in [-0.39, 0.29) is 17.6 Å². The zero-order chi connectivity index (χ0) is 9.71. The average Bonchev–Trinajstić information content (AvgIpc) is 2.29. The van der Waals surface area contributed by atoms with Crippen LogP contribution in [0.5, 0.6) is 0 Å². The van der Waals surface area contributed by atoms with E-state index in [9.17, 15) is 9.59 Å². The second kappa shape index (κ2) is 2.91. The van der Waals surface area contributed by atoms with Crippen LogP contribution in [-0.2, 0) is 9.59 Å². The molecule has 3 atom stereocenters. The lowest BCUT2D eigenvalue weighted by Gasteiger charge is -2.37. The van der Waals surface area contributed by atoms with Crippen molar-refractivity contribution in [2.75, 3.05) is 0 Å². The fourth-order valence-corrected chi connectivity index (χ4v) is 4.11. The summed E-state index contributed by atoms with van der Waals surface area (Å²) >= 11 is 0. The Bertz CT molecular complexity index is 270. The summed E-state index contributed by atoms with van der Waals surface area (Å²) in [5, 5.41) is 0. The van der Waals surface area contributed by atoms with Crippen molar-refractivity contribution in [3.05, 3.63) is 0 Å². The predicted octanol–water partition coefficient (Wildman–Crippen LogP) is 1.83. The Balaban J connectivity index is 1.99. The smallest absolute Gasteiger partial charge is 0.146 e. The van der Waals surface area contributed by atoms with Crippen molar-refractivity contribution >= 4 is 12.1 Å². The fraction of sp³-hybridized carbons (Fsp3) is 0.833. The van der Waals surface area contributed by atoms with Crippen molar-refractivity contribution in [1.82, 2.24) is 0 Å². The lowest BCUT2D eigenvalue weighted by molar-refractivity contribution is -0.131. The fourth-order valence-electron chi connectivity index (χ4n) is 4.11. The molecule has 76 valence electrons. The highest BCUT2D eigenvalue weighted by Gasteiger charge is 2.47. The highest BCUT2D eigenvalue weighted by molar-refractivity contribution is 5.95. The number of Topliss-reactive ketones (excluding diaryl/α,β-unsaturated/α-hetero) is 1. The molecule has 0 saturated heterocycles. The molecule has 0 aromatic heterocycles. The number of carbonyl (C=O) groups is 2. The van der Waals surface area contributed by atoms with Crippen molar-refractivity contribution in [2.24, 2.45) is 29.6 Å². The van der Waals surface area contributed by atoms with Crippen LogP contribution in [0.3, 0.4) is 0 Å². The van der Waals surface area contributed by atoms with Crippen LogP contribution >= 0.6 is 0 Å². The Hall–Kier alpha value is -0.660. The van der Waals surface area contributed by atoms with E-state index in [1.54, 1.807) is 0 Å². The summed E-state index contributed by atoms with van der Waals surface area (Å²) in [6, 6.07) is 0. The molecule has 0 radical (unpaired) electrons. The van der Waals surface area contributed by atoms with Crippen LogP contribution in [0.25, 0.3) is 0 Å². The second-order valence-corrected chi connectivity index (χ2v) is 5.43. The van der Waals surface area contributed by atoms with E-state index in [2.05, 4.69) is 0 Å². The Morgan fingerprint density at radius 1 is 1.00 bits per heavy atom. The van der Waals surface area contributed by atoms with Gasteiger partial charge in [0.15, 0.2) is 0 Å². The molecule has 4 fully saturated rings. The van der Waals surface area contributed by atoms with Crippen molar-refractivity contribution < 1.29 is 9.59 Å². The van der Waals surface area contributed by atoms with Crippen LogP contribution in [0.2, 0.25) is 0 Å². The molecule has 0 N–H and O–H groups in total. The van der Waals surface area contributed by atoms with Crippen molar-refractivity contribution in [3.63, 3.8) is 0 Å². The van der Waals surface area contributed by atoms with E-state index >= 15 is 0 Å². The largest absolute Gasteiger partial charge is 0.303 e. The SMILES string of the molecule is O=CC1C(=O)C2CC3CC(C2)CC1C3. The Morgan fingerprint density at radius 2 is 1.64 bits per heavy atom. The van der Waals surface area contributed by atoms with E-state index in [0.29, 0.717) is 5.92 Å². The molecule has 4 saturated carbocycles. The number of rotatable bonds is 1. The Labute approximate surface area is 84.1 Å². The van der Waals surface area contributed by atoms with E-state index in [4.69, 9.17) is 0 Å². The van der Waals surface area contributed by atoms with Crippen LogP contribution in [0, 0.1) is 29.6 Å². The van der Waals surface area contributed by atoms with Crippen LogP contribution in [0.1, 0.15) is 32.1 Å². The molecule has 4 bridgehead atoms. The molecule has 4 rings (SSSR count). The summed E-state index contributed by atoms with van der Waals surface area (Å²) in [5.74, 6) is 2.18. The molecule has 14 heavy (non-hydrogen) atoms. The van der Waals surface area contributed by atoms with Gasteiger partial charge >= 0.3 is 0 Å². The van der Waals surface area contributed by atoms with Gasteiger partial charge in [0.05, 0.1) is 5.92 Å². The molecular weight excluding hydrogens is 176 g/mol. The lowest BCUT2D eigenvalue weighted by atomic mass is 9.67. The van der Waals surface area contributed by atoms with Crippen LogP contribution < -0.4 is 0 Å². The van der Waals surface area contributed by atoms with Gasteiger partial charge in [-0.3, -0.25) is 4.79 Å². The number of hydrogen-bond donors (Lipinski definition) is 0. The first kappa shape index (κ1) is 8.63. The van der Waals surface area contributed by atoms with Crippen LogP contribution in [-0.4, -0.2) is 12.1 Å². The van der Waals surface area contributed by atoms with Gasteiger partial charge in [0, 0.05) is 5.92 Å². The van der Waals surface area contributed by atoms with Gasteiger partial charge in [-0.25, -0.2) is 0 Å². The molecule has 4 aliphatic carbocycles. The average molecular weight is 192 g/mol. The minimum absolute atomic E-state index is 0.237. The first-order valence-corrected chi connectivity index (χ1v) is 5.77. The zero-order valence-corrected chi connectivity index (χ0v) is 8.32.